The Morgan fingerprint density at radius 2 is 1.08 bits per heavy atom. The van der Waals surface area contributed by atoms with Crippen LogP contribution >= 0.6 is 8.46 Å². The van der Waals surface area contributed by atoms with Crippen LogP contribution in [0.2, 0.25) is 0 Å². The standard InChI is InChI=1S/C24H33OP/c1-2-3-4-5-6-7-8-9-16-21-24(26-25,22-17-12-10-13-18-22)23-19-14-11-15-20-23/h10-15,17-20H,2-9,16,21H2,1H3. The third-order valence-electron chi connectivity index (χ3n) is 5.30. The van der Waals surface area contributed by atoms with E-state index in [0.29, 0.717) is 0 Å². The van der Waals surface area contributed by atoms with Gasteiger partial charge in [0.2, 0.25) is 0 Å². The van der Waals surface area contributed by atoms with Crippen LogP contribution in [0.5, 0.6) is 0 Å². The van der Waals surface area contributed by atoms with Crippen molar-refractivity contribution in [2.45, 2.75) is 76.3 Å². The largest absolute Gasteiger partial charge is 0.274 e. The molecule has 0 aliphatic rings. The Kier molecular flexibility index (Phi) is 9.64. The van der Waals surface area contributed by atoms with Crippen LogP contribution in [0.25, 0.3) is 0 Å². The fourth-order valence-corrected chi connectivity index (χ4v) is 4.48. The second-order valence-electron chi connectivity index (χ2n) is 7.26. The summed E-state index contributed by atoms with van der Waals surface area (Å²) in [6, 6.07) is 20.7. The van der Waals surface area contributed by atoms with Crippen molar-refractivity contribution in [2.24, 2.45) is 0 Å². The van der Waals surface area contributed by atoms with Gasteiger partial charge in [0, 0.05) is 0 Å². The highest BCUT2D eigenvalue weighted by molar-refractivity contribution is 7.26. The molecule has 0 aromatic heterocycles. The van der Waals surface area contributed by atoms with E-state index in [9.17, 15) is 4.57 Å². The average molecular weight is 369 g/mol. The maximum absolute atomic E-state index is 12.4. The summed E-state index contributed by atoms with van der Waals surface area (Å²) < 4.78 is 12.4. The molecule has 0 bridgehead atoms. The molecule has 0 fully saturated rings. The molecule has 0 saturated carbocycles. The van der Waals surface area contributed by atoms with E-state index in [4.69, 9.17) is 0 Å². The van der Waals surface area contributed by atoms with Gasteiger partial charge in [-0.15, -0.1) is 0 Å². The van der Waals surface area contributed by atoms with Crippen LogP contribution in [-0.2, 0) is 9.72 Å². The lowest BCUT2D eigenvalue weighted by Gasteiger charge is -2.28. The first-order valence-electron chi connectivity index (χ1n) is 10.3. The predicted octanol–water partition coefficient (Wildman–Crippen LogP) is 8.14. The summed E-state index contributed by atoms with van der Waals surface area (Å²) >= 11 is 0. The third-order valence-corrected chi connectivity index (χ3v) is 6.35. The molecule has 0 saturated heterocycles. The maximum atomic E-state index is 12.4. The smallest absolute Gasteiger partial charge is 0.171 e. The van der Waals surface area contributed by atoms with E-state index >= 15 is 0 Å². The van der Waals surface area contributed by atoms with E-state index in [1.165, 1.54) is 51.4 Å². The SMILES string of the molecule is CCCCCCCCCCCC(P=O)(c1ccccc1)c1ccccc1. The summed E-state index contributed by atoms with van der Waals surface area (Å²) in [5, 5.41) is -0.413. The first kappa shape index (κ1) is 20.8. The summed E-state index contributed by atoms with van der Waals surface area (Å²) in [5.41, 5.74) is 2.31. The lowest BCUT2D eigenvalue weighted by atomic mass is 9.85. The molecular formula is C24H33OP. The zero-order valence-corrected chi connectivity index (χ0v) is 17.1. The van der Waals surface area contributed by atoms with Crippen LogP contribution in [0.15, 0.2) is 60.7 Å². The van der Waals surface area contributed by atoms with Crippen LogP contribution in [0, 0.1) is 0 Å². The van der Waals surface area contributed by atoms with Crippen molar-refractivity contribution in [1.29, 1.82) is 0 Å². The van der Waals surface area contributed by atoms with Gasteiger partial charge in [0.1, 0.15) is 5.16 Å². The van der Waals surface area contributed by atoms with Crippen molar-refractivity contribution < 1.29 is 4.57 Å². The minimum Gasteiger partial charge on any atom is -0.274 e. The molecule has 26 heavy (non-hydrogen) atoms. The van der Waals surface area contributed by atoms with Crippen LogP contribution in [0.3, 0.4) is 0 Å². The summed E-state index contributed by atoms with van der Waals surface area (Å²) in [6.45, 7) is 2.26. The van der Waals surface area contributed by atoms with E-state index in [1.54, 1.807) is 0 Å². The quantitative estimate of drug-likeness (QED) is 0.257. The van der Waals surface area contributed by atoms with Gasteiger partial charge in [-0.1, -0.05) is 125 Å². The lowest BCUT2D eigenvalue weighted by molar-refractivity contribution is 0.516. The van der Waals surface area contributed by atoms with E-state index < -0.39 is 5.16 Å². The predicted molar refractivity (Wildman–Crippen MR) is 113 cm³/mol. The van der Waals surface area contributed by atoms with Crippen LogP contribution < -0.4 is 0 Å². The Balaban J connectivity index is 1.93. The topological polar surface area (TPSA) is 17.1 Å². The van der Waals surface area contributed by atoms with E-state index in [0.717, 1.165) is 24.0 Å². The minimum atomic E-state index is -0.413. The van der Waals surface area contributed by atoms with Gasteiger partial charge < -0.3 is 0 Å². The lowest BCUT2D eigenvalue weighted by Crippen LogP contribution is -2.20. The Morgan fingerprint density at radius 3 is 1.50 bits per heavy atom. The van der Waals surface area contributed by atoms with Crippen LogP contribution in [0.1, 0.15) is 82.3 Å². The highest BCUT2D eigenvalue weighted by atomic mass is 31.1. The Hall–Kier alpha value is -1.46. The van der Waals surface area contributed by atoms with E-state index in [2.05, 4.69) is 55.5 Å². The first-order chi connectivity index (χ1) is 12.8. The molecular weight excluding hydrogens is 335 g/mol. The Morgan fingerprint density at radius 1 is 0.654 bits per heavy atom. The van der Waals surface area contributed by atoms with Gasteiger partial charge in [-0.3, -0.25) is 4.57 Å². The Bertz CT molecular complexity index is 569. The fourth-order valence-electron chi connectivity index (χ4n) is 3.73. The van der Waals surface area contributed by atoms with Gasteiger partial charge in [0.25, 0.3) is 0 Å². The Labute approximate surface area is 161 Å². The third kappa shape index (κ3) is 6.06. The number of hydrogen-bond donors (Lipinski definition) is 0. The van der Waals surface area contributed by atoms with Gasteiger partial charge >= 0.3 is 0 Å². The summed E-state index contributed by atoms with van der Waals surface area (Å²) in [7, 11) is 0.193. The molecule has 2 heteroatoms. The molecule has 2 aromatic rings. The van der Waals surface area contributed by atoms with Gasteiger partial charge in [-0.05, 0) is 17.5 Å². The molecule has 0 radical (unpaired) electrons. The zero-order chi connectivity index (χ0) is 18.5. The molecule has 2 aromatic carbocycles. The maximum Gasteiger partial charge on any atom is 0.171 e. The van der Waals surface area contributed by atoms with Gasteiger partial charge in [-0.25, -0.2) is 0 Å². The highest BCUT2D eigenvalue weighted by Crippen LogP contribution is 2.46. The molecule has 0 spiro atoms. The zero-order valence-electron chi connectivity index (χ0n) is 16.2. The van der Waals surface area contributed by atoms with Gasteiger partial charge in [-0.2, -0.15) is 0 Å². The minimum absolute atomic E-state index is 0.193. The molecule has 0 amide bonds. The molecule has 0 heterocycles. The van der Waals surface area contributed by atoms with Crippen molar-refractivity contribution in [3.8, 4) is 0 Å². The van der Waals surface area contributed by atoms with Crippen LogP contribution in [-0.4, -0.2) is 0 Å². The molecule has 0 atom stereocenters. The van der Waals surface area contributed by atoms with E-state index in [-0.39, 0.29) is 8.46 Å². The van der Waals surface area contributed by atoms with Gasteiger partial charge in [0.05, 0.1) is 0 Å². The van der Waals surface area contributed by atoms with Crippen molar-refractivity contribution in [3.63, 3.8) is 0 Å². The number of unbranched alkanes of at least 4 members (excludes halogenated alkanes) is 8. The van der Waals surface area contributed by atoms with Crippen LogP contribution in [0.4, 0.5) is 0 Å². The monoisotopic (exact) mass is 368 g/mol. The molecule has 0 N–H and O–H groups in total. The molecule has 0 aliphatic heterocycles. The summed E-state index contributed by atoms with van der Waals surface area (Å²) in [4.78, 5) is 0. The average Bonchev–Trinajstić information content (AvgIpc) is 2.71. The molecule has 0 unspecified atom stereocenters. The molecule has 2 rings (SSSR count). The van der Waals surface area contributed by atoms with Crippen molar-refractivity contribution in [1.82, 2.24) is 0 Å². The molecule has 140 valence electrons. The number of benzene rings is 2. The van der Waals surface area contributed by atoms with Crippen molar-refractivity contribution >= 4 is 8.46 Å². The summed E-state index contributed by atoms with van der Waals surface area (Å²) in [5.74, 6) is 0. The number of rotatable bonds is 13. The summed E-state index contributed by atoms with van der Waals surface area (Å²) in [6.07, 6.45) is 12.7. The van der Waals surface area contributed by atoms with Crippen molar-refractivity contribution in [3.05, 3.63) is 71.8 Å². The molecule has 0 aliphatic carbocycles. The first-order valence-corrected chi connectivity index (χ1v) is 11.1. The van der Waals surface area contributed by atoms with E-state index in [1.807, 2.05) is 12.1 Å². The fraction of sp³-hybridized carbons (Fsp3) is 0.500. The second kappa shape index (κ2) is 12.0. The normalized spacial score (nSPS) is 11.7. The van der Waals surface area contributed by atoms with Gasteiger partial charge in [0.15, 0.2) is 8.46 Å². The highest BCUT2D eigenvalue weighted by Gasteiger charge is 2.34. The second-order valence-corrected chi connectivity index (χ2v) is 8.21. The van der Waals surface area contributed by atoms with Crippen molar-refractivity contribution in [2.75, 3.05) is 0 Å². The molecule has 1 nitrogen and oxygen atoms in total. The number of hydrogen-bond acceptors (Lipinski definition) is 1.